The number of benzene rings is 1. The molecule has 5 nitrogen and oxygen atoms in total. The van der Waals surface area contributed by atoms with E-state index in [0.29, 0.717) is 18.5 Å². The molecule has 3 aliphatic rings. The largest absolute Gasteiger partial charge is 0.497 e. The van der Waals surface area contributed by atoms with Crippen LogP contribution in [0.3, 0.4) is 0 Å². The number of nitrogens with zero attached hydrogens (tertiary/aromatic N) is 1. The summed E-state index contributed by atoms with van der Waals surface area (Å²) in [6, 6.07) is 9.04. The van der Waals surface area contributed by atoms with E-state index in [2.05, 4.69) is 29.3 Å². The smallest absolute Gasteiger partial charge is 0.404 e. The first-order valence-electron chi connectivity index (χ1n) is 7.94. The normalized spacial score (nSPS) is 30.5. The number of methoxy groups -OCH3 is 1. The second-order valence-corrected chi connectivity index (χ2v) is 6.52. The van der Waals surface area contributed by atoms with Crippen LogP contribution < -0.4 is 10.1 Å². The fourth-order valence-corrected chi connectivity index (χ4v) is 3.90. The van der Waals surface area contributed by atoms with Crippen molar-refractivity contribution < 1.29 is 14.6 Å². The molecule has 1 amide bonds. The molecular weight excluding hydrogens is 280 g/mol. The van der Waals surface area contributed by atoms with Crippen LogP contribution in [0.4, 0.5) is 4.79 Å². The molecule has 1 saturated carbocycles. The minimum Gasteiger partial charge on any atom is -0.497 e. The van der Waals surface area contributed by atoms with Crippen molar-refractivity contribution in [1.82, 2.24) is 10.2 Å². The van der Waals surface area contributed by atoms with Gasteiger partial charge < -0.3 is 15.2 Å². The van der Waals surface area contributed by atoms with Crippen molar-refractivity contribution >= 4 is 6.09 Å². The molecule has 2 atom stereocenters. The molecule has 1 aromatic rings. The zero-order valence-electron chi connectivity index (χ0n) is 13.2. The molecule has 5 heteroatoms. The van der Waals surface area contributed by atoms with E-state index >= 15 is 0 Å². The predicted octanol–water partition coefficient (Wildman–Crippen LogP) is 2.56. The molecule has 120 valence electrons. The maximum atomic E-state index is 10.8. The van der Waals surface area contributed by atoms with Gasteiger partial charge in [0.15, 0.2) is 0 Å². The lowest BCUT2D eigenvalue weighted by molar-refractivity contribution is -0.0780. The molecule has 1 aromatic carbocycles. The van der Waals surface area contributed by atoms with Crippen LogP contribution in [0.25, 0.3) is 0 Å². The molecule has 4 rings (SSSR count). The van der Waals surface area contributed by atoms with E-state index in [1.165, 1.54) is 18.4 Å². The zero-order valence-corrected chi connectivity index (χ0v) is 13.2. The lowest BCUT2D eigenvalue weighted by atomic mass is 9.64. The molecule has 22 heavy (non-hydrogen) atoms. The van der Waals surface area contributed by atoms with Crippen LogP contribution in [0.2, 0.25) is 0 Å². The van der Waals surface area contributed by atoms with Crippen molar-refractivity contribution in [2.75, 3.05) is 13.7 Å². The number of carbonyl (C=O) groups is 1. The Kier molecular flexibility index (Phi) is 4.25. The molecule has 1 aliphatic carbocycles. The van der Waals surface area contributed by atoms with E-state index in [4.69, 9.17) is 9.84 Å². The summed E-state index contributed by atoms with van der Waals surface area (Å²) < 4.78 is 5.20. The second kappa shape index (κ2) is 6.16. The number of amides is 1. The molecule has 2 saturated heterocycles. The highest BCUT2D eigenvalue weighted by atomic mass is 16.5. The van der Waals surface area contributed by atoms with Crippen molar-refractivity contribution in [1.29, 1.82) is 0 Å². The summed E-state index contributed by atoms with van der Waals surface area (Å²) in [5.74, 6) is 2.16. The van der Waals surface area contributed by atoms with Gasteiger partial charge in [-0.15, -0.1) is 0 Å². The molecule has 0 radical (unpaired) electrons. The molecule has 2 unspecified atom stereocenters. The van der Waals surface area contributed by atoms with E-state index in [-0.39, 0.29) is 6.04 Å². The highest BCUT2D eigenvalue weighted by Crippen LogP contribution is 2.46. The van der Waals surface area contributed by atoms with Crippen molar-refractivity contribution in [2.45, 2.75) is 38.4 Å². The van der Waals surface area contributed by atoms with Crippen LogP contribution in [0.15, 0.2) is 24.3 Å². The lowest BCUT2D eigenvalue weighted by Gasteiger charge is -2.57. The zero-order chi connectivity index (χ0) is 15.7. The summed E-state index contributed by atoms with van der Waals surface area (Å²) in [7, 11) is 1.67. The quantitative estimate of drug-likeness (QED) is 0.877. The van der Waals surface area contributed by atoms with Crippen molar-refractivity contribution in [3.8, 4) is 5.75 Å². The fourth-order valence-electron chi connectivity index (χ4n) is 3.90. The molecule has 2 bridgehead atoms. The highest BCUT2D eigenvalue weighted by molar-refractivity contribution is 5.64. The van der Waals surface area contributed by atoms with Gasteiger partial charge in [-0.05, 0) is 42.4 Å². The van der Waals surface area contributed by atoms with Crippen LogP contribution in [-0.2, 0) is 6.54 Å². The first-order valence-corrected chi connectivity index (χ1v) is 7.94. The number of ether oxygens (including phenoxy) is 1. The molecule has 0 aromatic heterocycles. The summed E-state index contributed by atoms with van der Waals surface area (Å²) in [5, 5.41) is 11.5. The summed E-state index contributed by atoms with van der Waals surface area (Å²) in [6.07, 6.45) is 1.57. The number of rotatable bonds is 5. The molecule has 2 aliphatic heterocycles. The topological polar surface area (TPSA) is 61.8 Å². The van der Waals surface area contributed by atoms with Crippen LogP contribution in [-0.4, -0.2) is 41.8 Å². The number of carboxylic acid groups (broad SMARTS) is 1. The van der Waals surface area contributed by atoms with Gasteiger partial charge in [0.25, 0.3) is 0 Å². The number of fused-ring (bicyclic) bond motifs is 2. The van der Waals surface area contributed by atoms with Gasteiger partial charge in [0.05, 0.1) is 7.11 Å². The standard InChI is InChI=1S/C17H24N2O3/c1-11-13-7-14(8-13)19(16(11)9-18-17(20)21)10-12-3-5-15(22-2)6-4-12/h3-6,11,13-14,16,18H,7-10H2,1-2H3,(H,20,21). The summed E-state index contributed by atoms with van der Waals surface area (Å²) >= 11 is 0. The Bertz CT molecular complexity index is 525. The minimum atomic E-state index is -0.934. The van der Waals surface area contributed by atoms with Gasteiger partial charge in [0.2, 0.25) is 0 Å². The van der Waals surface area contributed by atoms with Gasteiger partial charge >= 0.3 is 6.09 Å². The van der Waals surface area contributed by atoms with Gasteiger partial charge in [-0.3, -0.25) is 4.90 Å². The van der Waals surface area contributed by atoms with Gasteiger partial charge in [-0.2, -0.15) is 0 Å². The average Bonchev–Trinajstić information content (AvgIpc) is 2.45. The molecule has 2 heterocycles. The minimum absolute atomic E-state index is 0.288. The van der Waals surface area contributed by atoms with Crippen LogP contribution in [0, 0.1) is 11.8 Å². The first kappa shape index (κ1) is 15.2. The van der Waals surface area contributed by atoms with Crippen molar-refractivity contribution in [3.05, 3.63) is 29.8 Å². The fraction of sp³-hybridized carbons (Fsp3) is 0.588. The van der Waals surface area contributed by atoms with Gasteiger partial charge in [0, 0.05) is 25.2 Å². The third-order valence-corrected chi connectivity index (χ3v) is 5.38. The van der Waals surface area contributed by atoms with Crippen LogP contribution in [0.1, 0.15) is 25.3 Å². The van der Waals surface area contributed by atoms with E-state index in [0.717, 1.165) is 18.2 Å². The monoisotopic (exact) mass is 304 g/mol. The van der Waals surface area contributed by atoms with Gasteiger partial charge in [-0.25, -0.2) is 4.79 Å². The van der Waals surface area contributed by atoms with E-state index in [1.807, 2.05) is 12.1 Å². The Morgan fingerprint density at radius 2 is 2.05 bits per heavy atom. The SMILES string of the molecule is COc1ccc(CN2C3CC(C3)C(C)C2CNC(=O)O)cc1. The van der Waals surface area contributed by atoms with E-state index in [1.54, 1.807) is 7.11 Å². The highest BCUT2D eigenvalue weighted by Gasteiger charge is 2.48. The number of piperidine rings is 2. The molecule has 3 fully saturated rings. The van der Waals surface area contributed by atoms with E-state index < -0.39 is 6.09 Å². The summed E-state index contributed by atoms with van der Waals surface area (Å²) in [4.78, 5) is 13.3. The van der Waals surface area contributed by atoms with Crippen LogP contribution in [0.5, 0.6) is 5.75 Å². The first-order chi connectivity index (χ1) is 10.6. The predicted molar refractivity (Wildman–Crippen MR) is 84.0 cm³/mol. The molecule has 2 N–H and O–H groups in total. The molecular formula is C17H24N2O3. The Morgan fingerprint density at radius 1 is 1.36 bits per heavy atom. The number of hydrogen-bond donors (Lipinski definition) is 2. The Morgan fingerprint density at radius 3 is 2.64 bits per heavy atom. The Balaban J connectivity index is 1.71. The third-order valence-electron chi connectivity index (χ3n) is 5.38. The van der Waals surface area contributed by atoms with Crippen molar-refractivity contribution in [3.63, 3.8) is 0 Å². The number of nitrogens with one attached hydrogen (secondary N) is 1. The summed E-state index contributed by atoms with van der Waals surface area (Å²) in [5.41, 5.74) is 1.25. The number of hydrogen-bond acceptors (Lipinski definition) is 3. The van der Waals surface area contributed by atoms with Crippen molar-refractivity contribution in [2.24, 2.45) is 11.8 Å². The van der Waals surface area contributed by atoms with E-state index in [9.17, 15) is 4.79 Å². The summed E-state index contributed by atoms with van der Waals surface area (Å²) in [6.45, 7) is 3.65. The molecule has 0 spiro atoms. The second-order valence-electron chi connectivity index (χ2n) is 6.52. The maximum Gasteiger partial charge on any atom is 0.404 e. The van der Waals surface area contributed by atoms with Crippen LogP contribution >= 0.6 is 0 Å². The van der Waals surface area contributed by atoms with Gasteiger partial charge in [0.1, 0.15) is 5.75 Å². The maximum absolute atomic E-state index is 10.8. The lowest BCUT2D eigenvalue weighted by Crippen LogP contribution is -2.63. The van der Waals surface area contributed by atoms with Gasteiger partial charge in [-0.1, -0.05) is 19.1 Å². The third kappa shape index (κ3) is 2.90. The Labute approximate surface area is 131 Å². The average molecular weight is 304 g/mol. The Hall–Kier alpha value is -1.75.